The van der Waals surface area contributed by atoms with E-state index < -0.39 is 10.0 Å². The number of likely N-dealkylation sites (tertiary alicyclic amines) is 1. The predicted molar refractivity (Wildman–Crippen MR) is 93.1 cm³/mol. The van der Waals surface area contributed by atoms with Crippen LogP contribution in [-0.2, 0) is 10.0 Å². The van der Waals surface area contributed by atoms with Crippen LogP contribution in [0.25, 0.3) is 0 Å². The Bertz CT molecular complexity index is 643. The maximum atomic E-state index is 13.0. The molecule has 0 N–H and O–H groups in total. The van der Waals surface area contributed by atoms with Crippen molar-refractivity contribution in [1.82, 2.24) is 9.21 Å². The van der Waals surface area contributed by atoms with E-state index in [0.29, 0.717) is 24.0 Å². The summed E-state index contributed by atoms with van der Waals surface area (Å²) in [6, 6.07) is 6.25. The third-order valence-corrected chi connectivity index (χ3v) is 7.33. The summed E-state index contributed by atoms with van der Waals surface area (Å²) in [5.74, 6) is 0. The van der Waals surface area contributed by atoms with Crippen molar-refractivity contribution in [3.8, 4) is 0 Å². The maximum Gasteiger partial charge on any atom is 0.243 e. The molecule has 5 heteroatoms. The Labute approximate surface area is 140 Å². The molecule has 2 fully saturated rings. The van der Waals surface area contributed by atoms with E-state index in [1.165, 1.54) is 32.4 Å². The Morgan fingerprint density at radius 3 is 2.26 bits per heavy atom. The van der Waals surface area contributed by atoms with Gasteiger partial charge in [0.05, 0.1) is 4.90 Å². The topological polar surface area (TPSA) is 40.6 Å². The lowest BCUT2D eigenvalue weighted by molar-refractivity contribution is 0.118. The second kappa shape index (κ2) is 6.91. The molecule has 0 radical (unpaired) electrons. The lowest BCUT2D eigenvalue weighted by atomic mass is 10.0. The monoisotopic (exact) mass is 336 g/mol. The van der Waals surface area contributed by atoms with Gasteiger partial charge in [-0.15, -0.1) is 0 Å². The molecule has 2 heterocycles. The number of nitrogens with zero attached hydrogens (tertiary/aromatic N) is 2. The van der Waals surface area contributed by atoms with E-state index in [9.17, 15) is 8.42 Å². The quantitative estimate of drug-likeness (QED) is 0.852. The van der Waals surface area contributed by atoms with Crippen molar-refractivity contribution in [1.29, 1.82) is 0 Å². The molecule has 0 aromatic heterocycles. The van der Waals surface area contributed by atoms with Gasteiger partial charge in [0.2, 0.25) is 10.0 Å². The highest BCUT2D eigenvalue weighted by atomic mass is 32.2. The standard InChI is InChI=1S/C18H28N2O2S/c1-15-6-7-16(2)18(14-15)23(21,22)20-12-8-17(9-13-20)19-10-4-3-5-11-19/h6-7,14,17H,3-5,8-13H2,1-2H3. The van der Waals surface area contributed by atoms with Crippen LogP contribution in [0.4, 0.5) is 0 Å². The van der Waals surface area contributed by atoms with Crippen LogP contribution in [0.15, 0.2) is 23.1 Å². The fourth-order valence-electron chi connectivity index (χ4n) is 3.86. The summed E-state index contributed by atoms with van der Waals surface area (Å²) in [6.07, 6.45) is 5.85. The van der Waals surface area contributed by atoms with E-state index in [4.69, 9.17) is 0 Å². The van der Waals surface area contributed by atoms with Crippen molar-refractivity contribution >= 4 is 10.0 Å². The molecule has 0 spiro atoms. The molecule has 0 bridgehead atoms. The van der Waals surface area contributed by atoms with Gasteiger partial charge in [0.25, 0.3) is 0 Å². The smallest absolute Gasteiger partial charge is 0.243 e. The van der Waals surface area contributed by atoms with Gasteiger partial charge < -0.3 is 4.90 Å². The molecule has 3 rings (SSSR count). The van der Waals surface area contributed by atoms with Gasteiger partial charge in [-0.25, -0.2) is 8.42 Å². The molecule has 0 saturated carbocycles. The Morgan fingerprint density at radius 2 is 1.61 bits per heavy atom. The fourth-order valence-corrected chi connectivity index (χ4v) is 5.63. The van der Waals surface area contributed by atoms with Gasteiger partial charge in [-0.2, -0.15) is 4.31 Å². The van der Waals surface area contributed by atoms with Gasteiger partial charge in [0, 0.05) is 19.1 Å². The highest BCUT2D eigenvalue weighted by molar-refractivity contribution is 7.89. The third kappa shape index (κ3) is 3.62. The van der Waals surface area contributed by atoms with Crippen molar-refractivity contribution in [2.45, 2.75) is 56.9 Å². The normalized spacial score (nSPS) is 22.3. The van der Waals surface area contributed by atoms with Crippen molar-refractivity contribution in [2.24, 2.45) is 0 Å². The number of sulfonamides is 1. The molecule has 1 aromatic carbocycles. The van der Waals surface area contributed by atoms with Gasteiger partial charge in [-0.05, 0) is 69.8 Å². The van der Waals surface area contributed by atoms with Crippen molar-refractivity contribution in [3.63, 3.8) is 0 Å². The lowest BCUT2D eigenvalue weighted by Crippen LogP contribution is -2.48. The highest BCUT2D eigenvalue weighted by Gasteiger charge is 2.32. The zero-order valence-corrected chi connectivity index (χ0v) is 15.1. The van der Waals surface area contributed by atoms with Gasteiger partial charge in [0.15, 0.2) is 0 Å². The molecule has 2 saturated heterocycles. The van der Waals surface area contributed by atoms with Crippen LogP contribution in [0.3, 0.4) is 0 Å². The third-order valence-electron chi connectivity index (χ3n) is 5.29. The van der Waals surface area contributed by atoms with E-state index >= 15 is 0 Å². The van der Waals surface area contributed by atoms with E-state index in [2.05, 4.69) is 4.90 Å². The summed E-state index contributed by atoms with van der Waals surface area (Å²) in [5.41, 5.74) is 1.84. The Balaban J connectivity index is 1.69. The van der Waals surface area contributed by atoms with Crippen LogP contribution in [0.5, 0.6) is 0 Å². The van der Waals surface area contributed by atoms with Crippen molar-refractivity contribution in [3.05, 3.63) is 29.3 Å². The summed E-state index contributed by atoms with van der Waals surface area (Å²) >= 11 is 0. The number of benzene rings is 1. The summed E-state index contributed by atoms with van der Waals surface area (Å²) < 4.78 is 27.6. The second-order valence-corrected chi connectivity index (χ2v) is 8.91. The first kappa shape index (κ1) is 16.9. The minimum Gasteiger partial charge on any atom is -0.300 e. The van der Waals surface area contributed by atoms with Crippen LogP contribution in [0.1, 0.15) is 43.2 Å². The largest absolute Gasteiger partial charge is 0.300 e. The van der Waals surface area contributed by atoms with Crippen LogP contribution < -0.4 is 0 Å². The van der Waals surface area contributed by atoms with E-state index in [1.54, 1.807) is 10.4 Å². The minimum absolute atomic E-state index is 0.480. The lowest BCUT2D eigenvalue weighted by Gasteiger charge is -2.39. The summed E-state index contributed by atoms with van der Waals surface area (Å²) in [4.78, 5) is 3.06. The molecule has 0 aliphatic carbocycles. The van der Waals surface area contributed by atoms with Crippen molar-refractivity contribution in [2.75, 3.05) is 26.2 Å². The van der Waals surface area contributed by atoms with E-state index in [1.807, 2.05) is 26.0 Å². The Kier molecular flexibility index (Phi) is 5.09. The average molecular weight is 337 g/mol. The Morgan fingerprint density at radius 1 is 0.957 bits per heavy atom. The molecule has 0 amide bonds. The fraction of sp³-hybridized carbons (Fsp3) is 0.667. The van der Waals surface area contributed by atoms with Gasteiger partial charge in [-0.3, -0.25) is 0 Å². The highest BCUT2D eigenvalue weighted by Crippen LogP contribution is 2.27. The SMILES string of the molecule is Cc1ccc(C)c(S(=O)(=O)N2CCC(N3CCCCC3)CC2)c1. The molecular weight excluding hydrogens is 308 g/mol. The van der Waals surface area contributed by atoms with Crippen LogP contribution >= 0.6 is 0 Å². The molecule has 128 valence electrons. The zero-order valence-electron chi connectivity index (χ0n) is 14.3. The number of hydrogen-bond acceptors (Lipinski definition) is 3. The molecule has 23 heavy (non-hydrogen) atoms. The molecule has 2 aliphatic heterocycles. The zero-order chi connectivity index (χ0) is 16.4. The van der Waals surface area contributed by atoms with Crippen LogP contribution in [-0.4, -0.2) is 49.8 Å². The number of rotatable bonds is 3. The maximum absolute atomic E-state index is 13.0. The molecule has 4 nitrogen and oxygen atoms in total. The number of piperidine rings is 2. The predicted octanol–water partition coefficient (Wildman–Crippen LogP) is 2.94. The number of aryl methyl sites for hydroxylation is 2. The first-order chi connectivity index (χ1) is 11.0. The summed E-state index contributed by atoms with van der Waals surface area (Å²) in [5, 5.41) is 0. The van der Waals surface area contributed by atoms with Gasteiger partial charge >= 0.3 is 0 Å². The molecule has 1 aromatic rings. The van der Waals surface area contributed by atoms with Crippen LogP contribution in [0.2, 0.25) is 0 Å². The minimum atomic E-state index is -3.35. The summed E-state index contributed by atoms with van der Waals surface area (Å²) in [7, 11) is -3.35. The molecule has 0 atom stereocenters. The van der Waals surface area contributed by atoms with Gasteiger partial charge in [-0.1, -0.05) is 18.6 Å². The second-order valence-electron chi connectivity index (χ2n) is 7.00. The Hall–Kier alpha value is -0.910. The first-order valence-corrected chi connectivity index (χ1v) is 10.2. The van der Waals surface area contributed by atoms with E-state index in [-0.39, 0.29) is 0 Å². The van der Waals surface area contributed by atoms with Crippen LogP contribution in [0, 0.1) is 13.8 Å². The average Bonchev–Trinajstić information content (AvgIpc) is 2.58. The molecule has 0 unspecified atom stereocenters. The van der Waals surface area contributed by atoms with Crippen molar-refractivity contribution < 1.29 is 8.42 Å². The molecule has 2 aliphatic rings. The van der Waals surface area contributed by atoms with Gasteiger partial charge in [0.1, 0.15) is 0 Å². The first-order valence-electron chi connectivity index (χ1n) is 8.80. The van der Waals surface area contributed by atoms with E-state index in [0.717, 1.165) is 24.0 Å². The summed E-state index contributed by atoms with van der Waals surface area (Å²) in [6.45, 7) is 7.50. The number of hydrogen-bond donors (Lipinski definition) is 0. The molecular formula is C18H28N2O2S.